The highest BCUT2D eigenvalue weighted by Crippen LogP contribution is 2.26. The van der Waals surface area contributed by atoms with E-state index < -0.39 is 17.8 Å². The van der Waals surface area contributed by atoms with Crippen molar-refractivity contribution in [2.75, 3.05) is 6.61 Å². The summed E-state index contributed by atoms with van der Waals surface area (Å²) in [5.74, 6) is -0.618. The van der Waals surface area contributed by atoms with Gasteiger partial charge in [0, 0.05) is 22.7 Å². The number of aromatic nitrogens is 1. The third kappa shape index (κ3) is 4.42. The number of barbiturate groups is 1. The Morgan fingerprint density at radius 1 is 0.938 bits per heavy atom. The second-order valence-electron chi connectivity index (χ2n) is 8.71. The lowest BCUT2D eigenvalue weighted by molar-refractivity contribution is -0.123. The van der Waals surface area contributed by atoms with E-state index >= 15 is 0 Å². The van der Waals surface area contributed by atoms with Crippen molar-refractivity contribution in [3.05, 3.63) is 71.4 Å². The number of para-hydroxylation sites is 1. The van der Waals surface area contributed by atoms with Gasteiger partial charge in [0.05, 0.1) is 6.54 Å². The lowest BCUT2D eigenvalue weighted by atomic mass is 9.87. The van der Waals surface area contributed by atoms with Crippen LogP contribution in [0.15, 0.2) is 60.3 Å². The third-order valence-electron chi connectivity index (χ3n) is 5.38. The first-order chi connectivity index (χ1) is 15.2. The molecule has 0 atom stereocenters. The van der Waals surface area contributed by atoms with Gasteiger partial charge < -0.3 is 9.30 Å². The smallest absolute Gasteiger partial charge is 0.328 e. The van der Waals surface area contributed by atoms with Crippen LogP contribution in [0.2, 0.25) is 0 Å². The van der Waals surface area contributed by atoms with Crippen LogP contribution in [0.4, 0.5) is 4.79 Å². The topological polar surface area (TPSA) is 89.4 Å². The number of rotatable bonds is 5. The molecule has 2 N–H and O–H groups in total. The molecule has 0 radical (unpaired) electrons. The Balaban J connectivity index is 1.53. The highest BCUT2D eigenvalue weighted by molar-refractivity contribution is 6.31. The summed E-state index contributed by atoms with van der Waals surface area (Å²) >= 11 is 0. The standard InChI is InChI=1S/C25H25N3O4/c1-25(2,3)17-8-10-18(11-9-17)32-13-12-28-15-16(19-6-4-5-7-21(19)28)14-20-22(29)26-24(31)27-23(20)30/h4-11,14-15H,12-13H2,1-3H3,(H2,26,27,29,30,31). The Bertz CT molecular complexity index is 1210. The minimum absolute atomic E-state index is 0.0902. The van der Waals surface area contributed by atoms with E-state index in [-0.39, 0.29) is 11.0 Å². The van der Waals surface area contributed by atoms with Crippen LogP contribution in [0.1, 0.15) is 31.9 Å². The van der Waals surface area contributed by atoms with Crippen LogP contribution in [-0.4, -0.2) is 29.0 Å². The first kappa shape index (κ1) is 21.4. The van der Waals surface area contributed by atoms with E-state index in [2.05, 4.69) is 43.5 Å². The predicted octanol–water partition coefficient (Wildman–Crippen LogP) is 3.77. The zero-order valence-corrected chi connectivity index (χ0v) is 18.3. The highest BCUT2D eigenvalue weighted by atomic mass is 16.5. The molecule has 3 aromatic rings. The first-order valence-corrected chi connectivity index (χ1v) is 10.4. The number of benzene rings is 2. The molecular formula is C25H25N3O4. The second-order valence-corrected chi connectivity index (χ2v) is 8.71. The van der Waals surface area contributed by atoms with Crippen LogP contribution in [0, 0.1) is 0 Å². The SMILES string of the molecule is CC(C)(C)c1ccc(OCCn2cc(C=C3C(=O)NC(=O)NC3=O)c3ccccc32)cc1. The van der Waals surface area contributed by atoms with Gasteiger partial charge in [-0.2, -0.15) is 0 Å². The van der Waals surface area contributed by atoms with Crippen LogP contribution in [0.5, 0.6) is 5.75 Å². The van der Waals surface area contributed by atoms with E-state index in [1.165, 1.54) is 11.6 Å². The van der Waals surface area contributed by atoms with Gasteiger partial charge in [0.1, 0.15) is 17.9 Å². The number of carbonyl (C=O) groups is 3. The quantitative estimate of drug-likeness (QED) is 0.475. The van der Waals surface area contributed by atoms with Crippen molar-refractivity contribution < 1.29 is 19.1 Å². The van der Waals surface area contributed by atoms with Crippen molar-refractivity contribution in [2.24, 2.45) is 0 Å². The summed E-state index contributed by atoms with van der Waals surface area (Å²) in [4.78, 5) is 35.5. The number of nitrogens with one attached hydrogen (secondary N) is 2. The normalized spacial score (nSPS) is 14.3. The number of hydrogen-bond acceptors (Lipinski definition) is 4. The molecule has 2 aromatic carbocycles. The molecule has 7 nitrogen and oxygen atoms in total. The van der Waals surface area contributed by atoms with Crippen LogP contribution in [-0.2, 0) is 21.5 Å². The molecule has 1 saturated heterocycles. The summed E-state index contributed by atoms with van der Waals surface area (Å²) in [6.07, 6.45) is 3.38. The Morgan fingerprint density at radius 3 is 2.25 bits per heavy atom. The minimum Gasteiger partial charge on any atom is -0.492 e. The van der Waals surface area contributed by atoms with Gasteiger partial charge in [-0.15, -0.1) is 0 Å². The molecule has 0 bridgehead atoms. The second kappa shape index (κ2) is 8.34. The monoisotopic (exact) mass is 431 g/mol. The largest absolute Gasteiger partial charge is 0.492 e. The summed E-state index contributed by atoms with van der Waals surface area (Å²) < 4.78 is 7.95. The van der Waals surface area contributed by atoms with Crippen molar-refractivity contribution >= 4 is 34.8 Å². The molecule has 0 aliphatic carbocycles. The van der Waals surface area contributed by atoms with Gasteiger partial charge in [0.15, 0.2) is 0 Å². The Kier molecular flexibility index (Phi) is 5.57. The van der Waals surface area contributed by atoms with E-state index in [4.69, 9.17) is 4.74 Å². The summed E-state index contributed by atoms with van der Waals surface area (Å²) in [6, 6.07) is 15.0. The molecule has 4 rings (SSSR count). The molecule has 164 valence electrons. The van der Waals surface area contributed by atoms with Crippen molar-refractivity contribution in [3.8, 4) is 5.75 Å². The number of ether oxygens (including phenoxy) is 1. The summed E-state index contributed by atoms with van der Waals surface area (Å²) in [5.41, 5.74) is 2.90. The molecule has 0 spiro atoms. The van der Waals surface area contributed by atoms with Gasteiger partial charge in [-0.25, -0.2) is 4.79 Å². The van der Waals surface area contributed by atoms with Crippen LogP contribution < -0.4 is 15.4 Å². The number of amides is 4. The summed E-state index contributed by atoms with van der Waals surface area (Å²) in [7, 11) is 0. The average molecular weight is 431 g/mol. The Labute approximate surface area is 186 Å². The van der Waals surface area contributed by atoms with Gasteiger partial charge in [-0.1, -0.05) is 51.1 Å². The van der Waals surface area contributed by atoms with Crippen molar-refractivity contribution in [1.82, 2.24) is 15.2 Å². The summed E-state index contributed by atoms with van der Waals surface area (Å²) in [6.45, 7) is 7.56. The zero-order chi connectivity index (χ0) is 22.9. The summed E-state index contributed by atoms with van der Waals surface area (Å²) in [5, 5.41) is 5.09. The fourth-order valence-electron chi connectivity index (χ4n) is 3.65. The highest BCUT2D eigenvalue weighted by Gasteiger charge is 2.28. The van der Waals surface area contributed by atoms with Gasteiger partial charge in [-0.05, 0) is 35.3 Å². The zero-order valence-electron chi connectivity index (χ0n) is 18.3. The molecule has 32 heavy (non-hydrogen) atoms. The maximum absolute atomic E-state index is 12.1. The van der Waals surface area contributed by atoms with Gasteiger partial charge in [0.2, 0.25) is 0 Å². The molecule has 2 heterocycles. The molecule has 0 unspecified atom stereocenters. The van der Waals surface area contributed by atoms with Gasteiger partial charge in [-0.3, -0.25) is 20.2 Å². The van der Waals surface area contributed by atoms with Crippen molar-refractivity contribution in [3.63, 3.8) is 0 Å². The lowest BCUT2D eigenvalue weighted by Crippen LogP contribution is -2.51. The maximum atomic E-state index is 12.1. The Hall–Kier alpha value is -3.87. The molecule has 7 heteroatoms. The average Bonchev–Trinajstić information content (AvgIpc) is 3.08. The molecule has 1 aliphatic heterocycles. The fourth-order valence-corrected chi connectivity index (χ4v) is 3.65. The van der Waals surface area contributed by atoms with E-state index in [1.807, 2.05) is 47.2 Å². The third-order valence-corrected chi connectivity index (χ3v) is 5.38. The molecule has 1 fully saturated rings. The molecule has 4 amide bonds. The lowest BCUT2D eigenvalue weighted by Gasteiger charge is -2.19. The molecule has 0 saturated carbocycles. The first-order valence-electron chi connectivity index (χ1n) is 10.4. The Morgan fingerprint density at radius 2 is 1.59 bits per heavy atom. The van der Waals surface area contributed by atoms with Crippen LogP contribution in [0.3, 0.4) is 0 Å². The van der Waals surface area contributed by atoms with Crippen LogP contribution in [0.25, 0.3) is 17.0 Å². The molecule has 1 aromatic heterocycles. The van der Waals surface area contributed by atoms with E-state index in [0.717, 1.165) is 16.7 Å². The van der Waals surface area contributed by atoms with E-state index in [1.54, 1.807) is 0 Å². The number of imide groups is 2. The van der Waals surface area contributed by atoms with Crippen LogP contribution >= 0.6 is 0 Å². The molecule has 1 aliphatic rings. The van der Waals surface area contributed by atoms with Crippen molar-refractivity contribution in [2.45, 2.75) is 32.7 Å². The van der Waals surface area contributed by atoms with E-state index in [0.29, 0.717) is 18.7 Å². The number of urea groups is 1. The number of nitrogens with zero attached hydrogens (tertiary/aromatic N) is 1. The van der Waals surface area contributed by atoms with Gasteiger partial charge >= 0.3 is 6.03 Å². The minimum atomic E-state index is -0.813. The number of hydrogen-bond donors (Lipinski definition) is 2. The fraction of sp³-hybridized carbons (Fsp3) is 0.240. The van der Waals surface area contributed by atoms with Crippen molar-refractivity contribution in [1.29, 1.82) is 0 Å². The number of carbonyl (C=O) groups excluding carboxylic acids is 3. The van der Waals surface area contributed by atoms with E-state index in [9.17, 15) is 14.4 Å². The maximum Gasteiger partial charge on any atom is 0.328 e. The number of fused-ring (bicyclic) bond motifs is 1. The predicted molar refractivity (Wildman–Crippen MR) is 122 cm³/mol. The molecular weight excluding hydrogens is 406 g/mol. The van der Waals surface area contributed by atoms with Gasteiger partial charge in [0.25, 0.3) is 11.8 Å².